The van der Waals surface area contributed by atoms with Crippen molar-refractivity contribution in [3.8, 4) is 44.5 Å². The Bertz CT molecular complexity index is 3070. The number of benzene rings is 9. The van der Waals surface area contributed by atoms with Gasteiger partial charge in [0.15, 0.2) is 0 Å². The van der Waals surface area contributed by atoms with E-state index in [1.54, 1.807) is 0 Å². The number of rotatable bonds is 6. The minimum atomic E-state index is -0.457. The molecule has 0 saturated carbocycles. The molecule has 0 N–H and O–H groups in total. The molecule has 1 heteroatoms. The quantitative estimate of drug-likeness (QED) is 0.163. The van der Waals surface area contributed by atoms with E-state index >= 15 is 0 Å². The van der Waals surface area contributed by atoms with Gasteiger partial charge < -0.3 is 4.90 Å². The largest absolute Gasteiger partial charge is 0.310 e. The Labute approximate surface area is 352 Å². The summed E-state index contributed by atoms with van der Waals surface area (Å²) < 4.78 is 0. The Kier molecular flexibility index (Phi) is 7.62. The molecule has 284 valence electrons. The van der Waals surface area contributed by atoms with Gasteiger partial charge in [-0.3, -0.25) is 0 Å². The molecular weight excluding hydrogens is 723 g/mol. The van der Waals surface area contributed by atoms with E-state index in [0.717, 1.165) is 17.8 Å². The lowest BCUT2D eigenvalue weighted by molar-refractivity contribution is 0.660. The molecule has 0 bridgehead atoms. The lowest BCUT2D eigenvalue weighted by Crippen LogP contribution is -2.28. The van der Waals surface area contributed by atoms with Gasteiger partial charge in [-0.05, 0) is 120 Å². The molecule has 0 aliphatic heterocycles. The summed E-state index contributed by atoms with van der Waals surface area (Å²) in [5.74, 6) is 0. The topological polar surface area (TPSA) is 3.24 Å². The van der Waals surface area contributed by atoms with E-state index in [1.165, 1.54) is 94.7 Å². The summed E-state index contributed by atoms with van der Waals surface area (Å²) in [6.07, 6.45) is 0.948. The van der Waals surface area contributed by atoms with Gasteiger partial charge in [-0.15, -0.1) is 0 Å². The van der Waals surface area contributed by atoms with E-state index in [4.69, 9.17) is 0 Å². The van der Waals surface area contributed by atoms with Crippen LogP contribution in [0.2, 0.25) is 0 Å². The Hall–Kier alpha value is -7.22. The van der Waals surface area contributed by atoms with E-state index in [0.29, 0.717) is 0 Å². The first-order chi connectivity index (χ1) is 29.5. The van der Waals surface area contributed by atoms with E-state index in [9.17, 15) is 0 Å². The maximum absolute atomic E-state index is 2.51. The third kappa shape index (κ3) is 4.87. The Morgan fingerprint density at radius 1 is 0.367 bits per heavy atom. The van der Waals surface area contributed by atoms with Gasteiger partial charge in [-0.25, -0.2) is 0 Å². The summed E-state index contributed by atoms with van der Waals surface area (Å²) >= 11 is 0. The number of hydrogen-bond acceptors (Lipinski definition) is 1. The summed E-state index contributed by atoms with van der Waals surface area (Å²) in [7, 11) is 0. The van der Waals surface area contributed by atoms with Crippen LogP contribution in [0.15, 0.2) is 212 Å². The number of anilines is 3. The minimum absolute atomic E-state index is 0.150. The maximum Gasteiger partial charge on any atom is 0.0713 e. The molecule has 0 amide bonds. The molecule has 0 saturated heterocycles. The lowest BCUT2D eigenvalue weighted by atomic mass is 9.68. The van der Waals surface area contributed by atoms with Crippen LogP contribution in [-0.4, -0.2) is 0 Å². The van der Waals surface area contributed by atoms with Gasteiger partial charge in [0.1, 0.15) is 0 Å². The van der Waals surface area contributed by atoms with Crippen molar-refractivity contribution in [3.63, 3.8) is 0 Å². The van der Waals surface area contributed by atoms with Crippen LogP contribution in [-0.2, 0) is 17.3 Å². The lowest BCUT2D eigenvalue weighted by Gasteiger charge is -2.34. The second kappa shape index (κ2) is 13.1. The first-order valence-corrected chi connectivity index (χ1v) is 21.2. The third-order valence-electron chi connectivity index (χ3n) is 13.8. The molecular formula is C59H43N. The van der Waals surface area contributed by atoms with Crippen LogP contribution in [0.3, 0.4) is 0 Å². The highest BCUT2D eigenvalue weighted by molar-refractivity contribution is 5.99. The fourth-order valence-electron chi connectivity index (χ4n) is 11.1. The average molecular weight is 766 g/mol. The average Bonchev–Trinajstić information content (AvgIpc) is 3.92. The van der Waals surface area contributed by atoms with Crippen molar-refractivity contribution >= 4 is 17.1 Å². The highest BCUT2D eigenvalue weighted by atomic mass is 15.1. The van der Waals surface area contributed by atoms with Crippen molar-refractivity contribution in [2.45, 2.75) is 31.1 Å². The predicted octanol–water partition coefficient (Wildman–Crippen LogP) is 15.1. The Balaban J connectivity index is 1.08. The van der Waals surface area contributed by atoms with Gasteiger partial charge in [-0.1, -0.05) is 196 Å². The van der Waals surface area contributed by atoms with Crippen molar-refractivity contribution < 1.29 is 0 Å². The number of fused-ring (bicyclic) bond motifs is 10. The predicted molar refractivity (Wildman–Crippen MR) is 250 cm³/mol. The third-order valence-corrected chi connectivity index (χ3v) is 13.8. The molecule has 0 heterocycles. The van der Waals surface area contributed by atoms with Crippen molar-refractivity contribution in [2.75, 3.05) is 4.90 Å². The van der Waals surface area contributed by atoms with Crippen LogP contribution in [0.4, 0.5) is 17.1 Å². The highest BCUT2D eigenvalue weighted by Gasteiger charge is 2.46. The maximum atomic E-state index is 2.51. The van der Waals surface area contributed by atoms with Crippen LogP contribution in [0, 0.1) is 0 Å². The van der Waals surface area contributed by atoms with E-state index < -0.39 is 5.41 Å². The molecule has 0 fully saturated rings. The second-order valence-corrected chi connectivity index (χ2v) is 17.2. The normalized spacial score (nSPS) is 14.4. The van der Waals surface area contributed by atoms with Crippen molar-refractivity contribution in [1.29, 1.82) is 0 Å². The molecule has 1 nitrogen and oxygen atoms in total. The van der Waals surface area contributed by atoms with Crippen LogP contribution >= 0.6 is 0 Å². The summed E-state index contributed by atoms with van der Waals surface area (Å²) in [6.45, 7) is 4.81. The molecule has 0 atom stereocenters. The van der Waals surface area contributed by atoms with E-state index in [1.807, 2.05) is 0 Å². The van der Waals surface area contributed by atoms with Crippen LogP contribution in [0.25, 0.3) is 44.5 Å². The van der Waals surface area contributed by atoms with Crippen LogP contribution in [0.5, 0.6) is 0 Å². The summed E-state index contributed by atoms with van der Waals surface area (Å²) in [5.41, 5.74) is 24.2. The zero-order chi connectivity index (χ0) is 40.0. The van der Waals surface area contributed by atoms with Gasteiger partial charge in [-0.2, -0.15) is 0 Å². The molecule has 0 spiro atoms. The number of nitrogens with zero attached hydrogens (tertiary/aromatic N) is 1. The van der Waals surface area contributed by atoms with Gasteiger partial charge in [0, 0.05) is 22.4 Å². The molecule has 9 aromatic carbocycles. The van der Waals surface area contributed by atoms with Gasteiger partial charge in [0.05, 0.1) is 11.1 Å². The number of hydrogen-bond donors (Lipinski definition) is 0. The van der Waals surface area contributed by atoms with Crippen molar-refractivity contribution in [2.24, 2.45) is 0 Å². The fourth-order valence-corrected chi connectivity index (χ4v) is 11.1. The summed E-state index contributed by atoms with van der Waals surface area (Å²) in [6, 6.07) is 79.2. The minimum Gasteiger partial charge on any atom is -0.310 e. The van der Waals surface area contributed by atoms with Crippen molar-refractivity contribution in [1.82, 2.24) is 0 Å². The Morgan fingerprint density at radius 3 is 1.57 bits per heavy atom. The zero-order valence-corrected chi connectivity index (χ0v) is 33.9. The smallest absolute Gasteiger partial charge is 0.0713 e. The van der Waals surface area contributed by atoms with Gasteiger partial charge in [0.2, 0.25) is 0 Å². The molecule has 60 heavy (non-hydrogen) atoms. The zero-order valence-electron chi connectivity index (χ0n) is 33.9. The molecule has 9 aromatic rings. The SMILES string of the molecule is CC1(C)c2cccc(N(c3ccc(-c4ccccc4)cc3)c3ccc(C4(c5ccccc5)c5ccccc5-c5ccccc54)cc3)c2-c2c1ccc1c2Cc2ccccc2-1. The molecule has 12 rings (SSSR count). The Morgan fingerprint density at radius 2 is 0.883 bits per heavy atom. The standard InChI is InChI=1S/C59H43N/c1-58(2)53-26-15-27-55(57(53)56-50-38-41-18-9-10-21-46(41)47(50)36-37-54(56)58)60(44-32-28-40(29-33-44)39-16-5-3-6-17-39)45-34-30-43(31-35-45)59(42-19-7-4-8-20-42)51-24-13-11-22-48(51)49-23-12-14-25-52(49)59/h3-37H,38H2,1-2H3. The molecule has 0 unspecified atom stereocenters. The summed E-state index contributed by atoms with van der Waals surface area (Å²) in [4.78, 5) is 2.51. The molecule has 0 radical (unpaired) electrons. The van der Waals surface area contributed by atoms with Crippen LogP contribution in [0.1, 0.15) is 58.4 Å². The molecule has 0 aromatic heterocycles. The molecule has 3 aliphatic rings. The first-order valence-electron chi connectivity index (χ1n) is 21.2. The highest BCUT2D eigenvalue weighted by Crippen LogP contribution is 2.59. The monoisotopic (exact) mass is 765 g/mol. The van der Waals surface area contributed by atoms with E-state index in [-0.39, 0.29) is 5.41 Å². The van der Waals surface area contributed by atoms with Crippen molar-refractivity contribution in [3.05, 3.63) is 257 Å². The van der Waals surface area contributed by atoms with Crippen LogP contribution < -0.4 is 4.90 Å². The van der Waals surface area contributed by atoms with Gasteiger partial charge >= 0.3 is 0 Å². The molecule has 3 aliphatic carbocycles. The first kappa shape index (κ1) is 34.8. The summed E-state index contributed by atoms with van der Waals surface area (Å²) in [5, 5.41) is 0. The second-order valence-electron chi connectivity index (χ2n) is 17.2. The van der Waals surface area contributed by atoms with E-state index in [2.05, 4.69) is 231 Å². The fraction of sp³-hybridized carbons (Fsp3) is 0.0847. The van der Waals surface area contributed by atoms with Gasteiger partial charge in [0.25, 0.3) is 0 Å².